The lowest BCUT2D eigenvalue weighted by atomic mass is 10.2. The fourth-order valence-electron chi connectivity index (χ4n) is 1.45. The van der Waals surface area contributed by atoms with Crippen LogP contribution in [-0.4, -0.2) is 21.8 Å². The van der Waals surface area contributed by atoms with Crippen molar-refractivity contribution < 1.29 is 0 Å². The lowest BCUT2D eigenvalue weighted by molar-refractivity contribution is 0.686. The lowest BCUT2D eigenvalue weighted by Crippen LogP contribution is -2.01. The summed E-state index contributed by atoms with van der Waals surface area (Å²) >= 11 is 0. The lowest BCUT2D eigenvalue weighted by Gasteiger charge is -2.04. The molecule has 2 rings (SSSR count). The minimum absolute atomic E-state index is 0.783. The van der Waals surface area contributed by atoms with Crippen LogP contribution in [0.25, 0.3) is 0 Å². The minimum atomic E-state index is 0.783. The fourth-order valence-corrected chi connectivity index (χ4v) is 1.45. The van der Waals surface area contributed by atoms with Crippen molar-refractivity contribution in [1.29, 1.82) is 0 Å². The molecule has 0 unspecified atom stereocenters. The number of aryl methyl sites for hydroxylation is 1. The highest BCUT2D eigenvalue weighted by Gasteiger charge is 1.98. The highest BCUT2D eigenvalue weighted by atomic mass is 15.3. The van der Waals surface area contributed by atoms with Crippen LogP contribution in [0.2, 0.25) is 0 Å². The number of hydrogen-bond acceptors (Lipinski definition) is 3. The Bertz CT molecular complexity index is 447. The topological polar surface area (TPSA) is 42.7 Å². The summed E-state index contributed by atoms with van der Waals surface area (Å²) in [7, 11) is 1.87. The first-order valence-electron chi connectivity index (χ1n) is 4.89. The molecule has 0 aliphatic heterocycles. The summed E-state index contributed by atoms with van der Waals surface area (Å²) in [5.41, 5.74) is 2.37. The molecule has 0 fully saturated rings. The van der Waals surface area contributed by atoms with Gasteiger partial charge < -0.3 is 5.32 Å². The van der Waals surface area contributed by atoms with Crippen LogP contribution in [0.4, 0.5) is 5.82 Å². The predicted octanol–water partition coefficient (Wildman–Crippen LogP) is 1.68. The minimum Gasteiger partial charge on any atom is -0.373 e. The van der Waals surface area contributed by atoms with E-state index < -0.39 is 0 Å². The number of nitrogens with zero attached hydrogens (tertiary/aromatic N) is 3. The maximum atomic E-state index is 4.24. The normalized spacial score (nSPS) is 10.3. The fraction of sp³-hybridized carbons (Fsp3) is 0.273. The molecule has 0 aliphatic rings. The Morgan fingerprint density at radius 3 is 3.00 bits per heavy atom. The van der Waals surface area contributed by atoms with Crippen LogP contribution in [0, 0.1) is 6.92 Å². The molecule has 2 aromatic rings. The zero-order valence-corrected chi connectivity index (χ0v) is 8.94. The molecule has 15 heavy (non-hydrogen) atoms. The summed E-state index contributed by atoms with van der Waals surface area (Å²) in [6.07, 6.45) is 5.69. The molecule has 0 aliphatic carbocycles. The molecule has 2 aromatic heterocycles. The second-order valence-electron chi connectivity index (χ2n) is 3.51. The third-order valence-corrected chi connectivity index (χ3v) is 2.19. The Morgan fingerprint density at radius 1 is 1.47 bits per heavy atom. The van der Waals surface area contributed by atoms with Gasteiger partial charge >= 0.3 is 0 Å². The van der Waals surface area contributed by atoms with Gasteiger partial charge in [0.1, 0.15) is 5.82 Å². The van der Waals surface area contributed by atoms with Crippen LogP contribution >= 0.6 is 0 Å². The van der Waals surface area contributed by atoms with E-state index in [2.05, 4.69) is 15.4 Å². The number of aromatic nitrogens is 3. The van der Waals surface area contributed by atoms with Crippen molar-refractivity contribution in [2.24, 2.45) is 0 Å². The molecule has 1 N–H and O–H groups in total. The van der Waals surface area contributed by atoms with Crippen LogP contribution < -0.4 is 5.32 Å². The SMILES string of the molecule is CNc1cc(Cn2cc(C)cn2)ccn1. The van der Waals surface area contributed by atoms with Gasteiger partial charge in [-0.3, -0.25) is 4.68 Å². The summed E-state index contributed by atoms with van der Waals surface area (Å²) in [4.78, 5) is 4.16. The Balaban J connectivity index is 2.16. The van der Waals surface area contributed by atoms with E-state index in [0.29, 0.717) is 0 Å². The molecule has 2 heterocycles. The third-order valence-electron chi connectivity index (χ3n) is 2.19. The number of nitrogens with one attached hydrogen (secondary N) is 1. The van der Waals surface area contributed by atoms with E-state index in [9.17, 15) is 0 Å². The summed E-state index contributed by atoms with van der Waals surface area (Å²) in [6.45, 7) is 2.82. The van der Waals surface area contributed by atoms with E-state index in [-0.39, 0.29) is 0 Å². The van der Waals surface area contributed by atoms with E-state index >= 15 is 0 Å². The van der Waals surface area contributed by atoms with Crippen LogP contribution in [-0.2, 0) is 6.54 Å². The van der Waals surface area contributed by atoms with Crippen LogP contribution in [0.5, 0.6) is 0 Å². The molecule has 78 valence electrons. The van der Waals surface area contributed by atoms with Gasteiger partial charge in [-0.2, -0.15) is 5.10 Å². The van der Waals surface area contributed by atoms with Crippen LogP contribution in [0.15, 0.2) is 30.7 Å². The van der Waals surface area contributed by atoms with Crippen molar-refractivity contribution >= 4 is 5.82 Å². The van der Waals surface area contributed by atoms with E-state index in [1.165, 1.54) is 11.1 Å². The first-order valence-corrected chi connectivity index (χ1v) is 4.89. The van der Waals surface area contributed by atoms with Gasteiger partial charge in [0, 0.05) is 19.4 Å². The first kappa shape index (κ1) is 9.71. The van der Waals surface area contributed by atoms with E-state index in [4.69, 9.17) is 0 Å². The van der Waals surface area contributed by atoms with Gasteiger partial charge in [-0.25, -0.2) is 4.98 Å². The van der Waals surface area contributed by atoms with E-state index in [1.807, 2.05) is 43.2 Å². The van der Waals surface area contributed by atoms with E-state index in [1.54, 1.807) is 6.20 Å². The van der Waals surface area contributed by atoms with Gasteiger partial charge in [0.15, 0.2) is 0 Å². The maximum absolute atomic E-state index is 4.24. The van der Waals surface area contributed by atoms with Crippen molar-refractivity contribution in [1.82, 2.24) is 14.8 Å². The smallest absolute Gasteiger partial charge is 0.125 e. The largest absolute Gasteiger partial charge is 0.373 e. The summed E-state index contributed by atoms with van der Waals surface area (Å²) < 4.78 is 1.92. The van der Waals surface area contributed by atoms with Crippen molar-refractivity contribution in [3.63, 3.8) is 0 Å². The number of rotatable bonds is 3. The van der Waals surface area contributed by atoms with Gasteiger partial charge in [0.25, 0.3) is 0 Å². The Hall–Kier alpha value is -1.84. The molecule has 0 saturated carbocycles. The Labute approximate surface area is 89.0 Å². The van der Waals surface area contributed by atoms with Crippen LogP contribution in [0.3, 0.4) is 0 Å². The van der Waals surface area contributed by atoms with Crippen molar-refractivity contribution in [2.45, 2.75) is 13.5 Å². The summed E-state index contributed by atoms with van der Waals surface area (Å²) in [6, 6.07) is 4.02. The molecule has 0 amide bonds. The molecule has 0 saturated heterocycles. The van der Waals surface area contributed by atoms with Crippen molar-refractivity contribution in [2.75, 3.05) is 12.4 Å². The highest BCUT2D eigenvalue weighted by molar-refractivity contribution is 5.36. The van der Waals surface area contributed by atoms with Crippen molar-refractivity contribution in [3.05, 3.63) is 41.9 Å². The molecule has 0 radical (unpaired) electrons. The van der Waals surface area contributed by atoms with Gasteiger partial charge in [-0.05, 0) is 30.2 Å². The second kappa shape index (κ2) is 4.13. The predicted molar refractivity (Wildman–Crippen MR) is 59.8 cm³/mol. The number of hydrogen-bond donors (Lipinski definition) is 1. The van der Waals surface area contributed by atoms with Crippen LogP contribution in [0.1, 0.15) is 11.1 Å². The molecule has 0 aromatic carbocycles. The molecule has 0 bridgehead atoms. The maximum Gasteiger partial charge on any atom is 0.125 e. The molecular formula is C11H14N4. The summed E-state index contributed by atoms with van der Waals surface area (Å²) in [5.74, 6) is 0.886. The zero-order chi connectivity index (χ0) is 10.7. The molecule has 4 heteroatoms. The first-order chi connectivity index (χ1) is 7.28. The zero-order valence-electron chi connectivity index (χ0n) is 8.94. The number of pyridine rings is 1. The summed E-state index contributed by atoms with van der Waals surface area (Å²) in [5, 5.41) is 7.26. The average molecular weight is 202 g/mol. The molecule has 0 atom stereocenters. The quantitative estimate of drug-likeness (QED) is 0.823. The standard InChI is InChI=1S/C11H14N4/c1-9-6-14-15(7-9)8-10-3-4-13-11(5-10)12-2/h3-7H,8H2,1-2H3,(H,12,13). The number of anilines is 1. The van der Waals surface area contributed by atoms with Gasteiger partial charge in [-0.1, -0.05) is 0 Å². The van der Waals surface area contributed by atoms with Gasteiger partial charge in [-0.15, -0.1) is 0 Å². The van der Waals surface area contributed by atoms with Gasteiger partial charge in [0.2, 0.25) is 0 Å². The monoisotopic (exact) mass is 202 g/mol. The average Bonchev–Trinajstić information content (AvgIpc) is 2.64. The Morgan fingerprint density at radius 2 is 2.33 bits per heavy atom. The molecule has 4 nitrogen and oxygen atoms in total. The van der Waals surface area contributed by atoms with E-state index in [0.717, 1.165) is 12.4 Å². The highest BCUT2D eigenvalue weighted by Crippen LogP contribution is 2.07. The van der Waals surface area contributed by atoms with Gasteiger partial charge in [0.05, 0.1) is 12.7 Å². The second-order valence-corrected chi connectivity index (χ2v) is 3.51. The molecule has 0 spiro atoms. The molecular weight excluding hydrogens is 188 g/mol. The Kier molecular flexibility index (Phi) is 2.67. The van der Waals surface area contributed by atoms with Crippen molar-refractivity contribution in [3.8, 4) is 0 Å². The third kappa shape index (κ3) is 2.34.